The maximum atomic E-state index is 10.4. The van der Waals surface area contributed by atoms with E-state index in [0.29, 0.717) is 0 Å². The molecule has 0 aliphatic heterocycles. The second-order valence-corrected chi connectivity index (χ2v) is 3.10. The normalized spacial score (nSPS) is 21.9. The van der Waals surface area contributed by atoms with Gasteiger partial charge in [0.05, 0.1) is 11.3 Å². The van der Waals surface area contributed by atoms with E-state index in [9.17, 15) is 14.3 Å². The number of hydrogen-bond acceptors (Lipinski definition) is 3. The van der Waals surface area contributed by atoms with Gasteiger partial charge in [0.15, 0.2) is 0 Å². The summed E-state index contributed by atoms with van der Waals surface area (Å²) >= 11 is 0.183. The zero-order chi connectivity index (χ0) is 9.14. The Morgan fingerprint density at radius 1 is 1.67 bits per heavy atom. The maximum Gasteiger partial charge on any atom is 0.268 e. The van der Waals surface area contributed by atoms with Gasteiger partial charge in [-0.3, -0.25) is 10.1 Å². The maximum absolute atomic E-state index is 10.4. The monoisotopic (exact) mass is 185 g/mol. The van der Waals surface area contributed by atoms with Crippen LogP contribution in [0.3, 0.4) is 0 Å². The van der Waals surface area contributed by atoms with Gasteiger partial charge in [0.25, 0.3) is 6.04 Å². The average molecular weight is 185 g/mol. The predicted molar refractivity (Wildman–Crippen MR) is 46.8 cm³/mol. The Kier molecular flexibility index (Phi) is 2.54. The lowest BCUT2D eigenvalue weighted by Gasteiger charge is -2.07. The summed E-state index contributed by atoms with van der Waals surface area (Å²) in [4.78, 5) is 10.2. The van der Waals surface area contributed by atoms with Crippen LogP contribution < -0.4 is 0 Å². The molecule has 0 N–H and O–H groups in total. The van der Waals surface area contributed by atoms with E-state index in [-0.39, 0.29) is 16.1 Å². The molecule has 1 atom stereocenters. The minimum absolute atomic E-state index is 0.183. The topological polar surface area (TPSA) is 60.2 Å². The summed E-state index contributed by atoms with van der Waals surface area (Å²) < 4.78 is 10.4. The van der Waals surface area contributed by atoms with E-state index >= 15 is 0 Å². The molecule has 0 heterocycles. The molecule has 1 unspecified atom stereocenters. The fraction of sp³-hybridized carbons (Fsp3) is 0.286. The van der Waals surface area contributed by atoms with Gasteiger partial charge in [-0.05, 0) is 24.6 Å². The summed E-state index contributed by atoms with van der Waals surface area (Å²) in [6.45, 7) is 1.79. The summed E-state index contributed by atoms with van der Waals surface area (Å²) in [5.74, 6) is 0. The molecular weight excluding hydrogens is 178 g/mol. The third-order valence-corrected chi connectivity index (χ3v) is 2.08. The van der Waals surface area contributed by atoms with Crippen LogP contribution in [0, 0.1) is 10.1 Å². The van der Waals surface area contributed by atoms with Crippen molar-refractivity contribution >= 4 is 16.1 Å². The minimum atomic E-state index is -0.948. The zero-order valence-electron chi connectivity index (χ0n) is 6.39. The highest BCUT2D eigenvalue weighted by molar-refractivity contribution is 7.67. The number of nitro groups is 1. The lowest BCUT2D eigenvalue weighted by atomic mass is 10.0. The van der Waals surface area contributed by atoms with Gasteiger partial charge in [0.1, 0.15) is 4.86 Å². The second-order valence-electron chi connectivity index (χ2n) is 2.46. The molecule has 0 spiro atoms. The van der Waals surface area contributed by atoms with Crippen molar-refractivity contribution in [2.24, 2.45) is 0 Å². The fourth-order valence-electron chi connectivity index (χ4n) is 0.943. The summed E-state index contributed by atoms with van der Waals surface area (Å²) in [6.07, 6.45) is 4.62. The van der Waals surface area contributed by atoms with Gasteiger partial charge < -0.3 is 0 Å². The second kappa shape index (κ2) is 3.44. The van der Waals surface area contributed by atoms with Crippen molar-refractivity contribution < 1.29 is 9.13 Å². The van der Waals surface area contributed by atoms with Crippen molar-refractivity contribution in [3.05, 3.63) is 33.9 Å². The Morgan fingerprint density at radius 2 is 2.33 bits per heavy atom. The minimum Gasteiger partial charge on any atom is -0.264 e. The molecule has 0 bridgehead atoms. The van der Waals surface area contributed by atoms with Crippen LogP contribution in [0.15, 0.2) is 23.8 Å². The van der Waals surface area contributed by atoms with Crippen LogP contribution >= 0.6 is 0 Å². The smallest absolute Gasteiger partial charge is 0.264 e. The standard InChI is InChI=1S/C7H7NO3S/c1-5-2-3-6(8(9)10)7(4-5)12-11/h2-4,6H,1H3. The molecule has 0 aromatic rings. The quantitative estimate of drug-likeness (QED) is 0.340. The third kappa shape index (κ3) is 1.68. The highest BCUT2D eigenvalue weighted by Crippen LogP contribution is 2.08. The summed E-state index contributed by atoms with van der Waals surface area (Å²) in [6, 6.07) is -0.948. The zero-order valence-corrected chi connectivity index (χ0v) is 7.21. The molecule has 12 heavy (non-hydrogen) atoms. The van der Waals surface area contributed by atoms with Crippen molar-refractivity contribution in [3.63, 3.8) is 0 Å². The van der Waals surface area contributed by atoms with Gasteiger partial charge in [0.2, 0.25) is 0 Å². The molecule has 64 valence electrons. The first-order valence-electron chi connectivity index (χ1n) is 3.32. The Morgan fingerprint density at radius 3 is 2.83 bits per heavy atom. The van der Waals surface area contributed by atoms with Gasteiger partial charge in [-0.15, -0.1) is 0 Å². The Balaban J connectivity index is 3.04. The highest BCUT2D eigenvalue weighted by Gasteiger charge is 2.24. The lowest BCUT2D eigenvalue weighted by molar-refractivity contribution is -0.489. The van der Waals surface area contributed by atoms with Crippen LogP contribution in [0.2, 0.25) is 0 Å². The van der Waals surface area contributed by atoms with Gasteiger partial charge in [-0.1, -0.05) is 6.08 Å². The van der Waals surface area contributed by atoms with Gasteiger partial charge in [-0.2, -0.15) is 0 Å². The van der Waals surface area contributed by atoms with Crippen molar-refractivity contribution in [1.82, 2.24) is 0 Å². The Labute approximate surface area is 72.8 Å². The first-order chi connectivity index (χ1) is 5.65. The van der Waals surface area contributed by atoms with E-state index < -0.39 is 11.0 Å². The van der Waals surface area contributed by atoms with Crippen LogP contribution in [-0.4, -0.2) is 20.0 Å². The van der Waals surface area contributed by atoms with E-state index in [2.05, 4.69) is 0 Å². The van der Waals surface area contributed by atoms with Crippen LogP contribution in [0.4, 0.5) is 0 Å². The molecule has 0 fully saturated rings. The van der Waals surface area contributed by atoms with Gasteiger partial charge in [0, 0.05) is 4.92 Å². The van der Waals surface area contributed by atoms with Crippen molar-refractivity contribution in [2.45, 2.75) is 13.0 Å². The van der Waals surface area contributed by atoms with Gasteiger partial charge in [-0.25, -0.2) is 4.21 Å². The number of allylic oxidation sites excluding steroid dienone is 2. The third-order valence-electron chi connectivity index (χ3n) is 1.53. The molecule has 0 saturated heterocycles. The van der Waals surface area contributed by atoms with E-state index in [1.165, 1.54) is 6.08 Å². The molecule has 1 rings (SSSR count). The van der Waals surface area contributed by atoms with Crippen molar-refractivity contribution in [3.8, 4) is 0 Å². The molecule has 0 saturated carbocycles. The van der Waals surface area contributed by atoms with Crippen LogP contribution in [0.5, 0.6) is 0 Å². The molecular formula is C7H7NO3S. The largest absolute Gasteiger partial charge is 0.268 e. The van der Waals surface area contributed by atoms with Crippen molar-refractivity contribution in [2.75, 3.05) is 0 Å². The van der Waals surface area contributed by atoms with Crippen LogP contribution in [0.1, 0.15) is 6.92 Å². The molecule has 4 nitrogen and oxygen atoms in total. The molecule has 0 radical (unpaired) electrons. The van der Waals surface area contributed by atoms with Crippen molar-refractivity contribution in [1.29, 1.82) is 0 Å². The van der Waals surface area contributed by atoms with E-state index in [0.717, 1.165) is 5.57 Å². The average Bonchev–Trinajstić information content (AvgIpc) is 2.03. The number of nitrogens with zero attached hydrogens (tertiary/aromatic N) is 1. The van der Waals surface area contributed by atoms with Crippen LogP contribution in [-0.2, 0) is 11.3 Å². The van der Waals surface area contributed by atoms with Crippen LogP contribution in [0.25, 0.3) is 0 Å². The molecule has 0 amide bonds. The Hall–Kier alpha value is -1.23. The van der Waals surface area contributed by atoms with E-state index in [4.69, 9.17) is 0 Å². The molecule has 0 aromatic heterocycles. The molecule has 5 heteroatoms. The SMILES string of the molecule is CC1=CC(=S=O)C([N+](=O)[O-])C=C1. The van der Waals surface area contributed by atoms with Gasteiger partial charge >= 0.3 is 0 Å². The predicted octanol–water partition coefficient (Wildman–Crippen LogP) is 0.533. The van der Waals surface area contributed by atoms with E-state index in [1.807, 2.05) is 0 Å². The fourth-order valence-corrected chi connectivity index (χ4v) is 1.44. The summed E-state index contributed by atoms with van der Waals surface area (Å²) in [5.41, 5.74) is 0.867. The first-order valence-corrected chi connectivity index (χ1v) is 4.06. The number of hydrogen-bond donors (Lipinski definition) is 0. The highest BCUT2D eigenvalue weighted by atomic mass is 32.1. The van der Waals surface area contributed by atoms with E-state index in [1.54, 1.807) is 19.1 Å². The number of rotatable bonds is 1. The summed E-state index contributed by atoms with van der Waals surface area (Å²) in [5, 5.41) is 10.4. The molecule has 0 aromatic carbocycles. The lowest BCUT2D eigenvalue weighted by Crippen LogP contribution is -2.27. The molecule has 1 aliphatic carbocycles. The Bertz CT molecular complexity index is 326. The summed E-state index contributed by atoms with van der Waals surface area (Å²) in [7, 11) is 0. The molecule has 1 aliphatic rings. The first kappa shape index (κ1) is 8.86.